The fourth-order valence-electron chi connectivity index (χ4n) is 8.00. The Kier molecular flexibility index (Phi) is 4.88. The molecule has 0 amide bonds. The average molecular weight is 557 g/mol. The van der Waals surface area contributed by atoms with Gasteiger partial charge in [-0.15, -0.1) is 0 Å². The molecule has 4 aromatic carbocycles. The molecule has 0 saturated carbocycles. The summed E-state index contributed by atoms with van der Waals surface area (Å²) in [7, 11) is 6.86. The van der Waals surface area contributed by atoms with Crippen molar-refractivity contribution in [1.29, 1.82) is 0 Å². The van der Waals surface area contributed by atoms with Gasteiger partial charge < -0.3 is 28.4 Å². The molecule has 6 nitrogen and oxygen atoms in total. The quantitative estimate of drug-likeness (QED) is 0.259. The van der Waals surface area contributed by atoms with Crippen molar-refractivity contribution in [2.45, 2.75) is 24.4 Å². The Labute approximate surface area is 243 Å². The molecule has 6 heteroatoms. The van der Waals surface area contributed by atoms with Crippen LogP contribution in [0.25, 0.3) is 22.3 Å². The maximum atomic E-state index is 6.97. The van der Waals surface area contributed by atoms with Crippen LogP contribution in [-0.4, -0.2) is 28.4 Å². The van der Waals surface area contributed by atoms with Gasteiger partial charge in [-0.05, 0) is 68.8 Å². The van der Waals surface area contributed by atoms with Crippen molar-refractivity contribution in [3.63, 3.8) is 0 Å². The summed E-state index contributed by atoms with van der Waals surface area (Å²) < 4.78 is 37.6. The van der Waals surface area contributed by atoms with E-state index in [4.69, 9.17) is 28.4 Å². The molecule has 4 atom stereocenters. The number of benzene rings is 4. The summed E-state index contributed by atoms with van der Waals surface area (Å²) in [4.78, 5) is 0. The predicted molar refractivity (Wildman–Crippen MR) is 158 cm³/mol. The van der Waals surface area contributed by atoms with Crippen molar-refractivity contribution in [2.24, 2.45) is 0 Å². The molecule has 9 rings (SSSR count). The van der Waals surface area contributed by atoms with Crippen LogP contribution >= 0.6 is 0 Å². The Hall–Kier alpha value is -4.52. The van der Waals surface area contributed by atoms with Crippen molar-refractivity contribution in [3.05, 3.63) is 117 Å². The predicted octanol–water partition coefficient (Wildman–Crippen LogP) is 7.56. The van der Waals surface area contributed by atoms with Gasteiger partial charge in [0.25, 0.3) is 0 Å². The lowest BCUT2D eigenvalue weighted by Gasteiger charge is -2.31. The molecule has 42 heavy (non-hydrogen) atoms. The van der Waals surface area contributed by atoms with Crippen LogP contribution in [0.2, 0.25) is 0 Å². The first kappa shape index (κ1) is 24.1. The number of hydrogen-bond acceptors (Lipinski definition) is 6. The molecular weight excluding hydrogens is 528 g/mol. The molecule has 0 fully saturated rings. The van der Waals surface area contributed by atoms with Crippen LogP contribution in [0.4, 0.5) is 0 Å². The summed E-state index contributed by atoms with van der Waals surface area (Å²) in [5, 5.41) is 0. The van der Waals surface area contributed by atoms with Gasteiger partial charge in [0.2, 0.25) is 0 Å². The van der Waals surface area contributed by atoms with Gasteiger partial charge in [-0.2, -0.15) is 0 Å². The van der Waals surface area contributed by atoms with E-state index >= 15 is 0 Å². The number of rotatable bonds is 4. The molecule has 4 aliphatic heterocycles. The first-order valence-electron chi connectivity index (χ1n) is 14.2. The monoisotopic (exact) mass is 556 g/mol. The molecule has 4 aromatic rings. The highest BCUT2D eigenvalue weighted by molar-refractivity contribution is 6.01. The van der Waals surface area contributed by atoms with Crippen LogP contribution in [0, 0.1) is 0 Å². The molecule has 4 heterocycles. The molecule has 0 N–H and O–H groups in total. The van der Waals surface area contributed by atoms with Crippen LogP contribution in [0.1, 0.15) is 57.8 Å². The van der Waals surface area contributed by atoms with Crippen LogP contribution in [-0.2, 0) is 9.47 Å². The minimum Gasteiger partial charge on any atom is -0.496 e. The summed E-state index contributed by atoms with van der Waals surface area (Å²) in [6.07, 6.45) is -1.29. The molecule has 1 aliphatic carbocycles. The van der Waals surface area contributed by atoms with E-state index in [1.165, 1.54) is 11.1 Å². The second kappa shape index (κ2) is 8.51. The Bertz CT molecular complexity index is 1780. The van der Waals surface area contributed by atoms with Crippen molar-refractivity contribution < 1.29 is 28.4 Å². The minimum absolute atomic E-state index is 0.309. The third kappa shape index (κ3) is 2.77. The molecule has 4 unspecified atom stereocenters. The summed E-state index contributed by atoms with van der Waals surface area (Å²) in [5.74, 6) is 3.21. The standard InChI is InChI=1S/C36H28O6/c1-37-21-13-15-23(39-3)29-27(21)33-25-19-11-7-5-9-17(19)18-10-6-8-12-20(18)26-32(31(25)35(29)41-33)36-30-24(40-4)16-14-22(38-2)28(30)34(26)42-36/h5-16,33-36H,1-4H3. The second-order valence-corrected chi connectivity index (χ2v) is 11.1. The molecule has 0 aromatic heterocycles. The minimum atomic E-state index is -0.337. The van der Waals surface area contributed by atoms with E-state index in [-0.39, 0.29) is 24.4 Å². The topological polar surface area (TPSA) is 55.4 Å². The Morgan fingerprint density at radius 3 is 0.976 bits per heavy atom. The highest BCUT2D eigenvalue weighted by atomic mass is 16.5. The highest BCUT2D eigenvalue weighted by Crippen LogP contribution is 2.71. The first-order valence-corrected chi connectivity index (χ1v) is 14.2. The number of fused-ring (bicyclic) bond motifs is 20. The van der Waals surface area contributed by atoms with Crippen molar-refractivity contribution in [3.8, 4) is 34.1 Å². The number of methoxy groups -OCH3 is 4. The maximum absolute atomic E-state index is 6.97. The van der Waals surface area contributed by atoms with Crippen molar-refractivity contribution in [2.75, 3.05) is 28.4 Å². The summed E-state index contributed by atoms with van der Waals surface area (Å²) >= 11 is 0. The zero-order valence-electron chi connectivity index (χ0n) is 23.7. The molecule has 0 saturated heterocycles. The van der Waals surface area contributed by atoms with Crippen LogP contribution in [0.3, 0.4) is 0 Å². The van der Waals surface area contributed by atoms with E-state index < -0.39 is 0 Å². The van der Waals surface area contributed by atoms with Gasteiger partial charge >= 0.3 is 0 Å². The zero-order valence-corrected chi connectivity index (χ0v) is 23.7. The average Bonchev–Trinajstić information content (AvgIpc) is 3.81. The summed E-state index contributed by atoms with van der Waals surface area (Å²) in [6, 6.07) is 25.2. The fourth-order valence-corrected chi connectivity index (χ4v) is 8.00. The third-order valence-electron chi connectivity index (χ3n) is 9.53. The molecule has 0 spiro atoms. The van der Waals surface area contributed by atoms with Crippen molar-refractivity contribution >= 4 is 11.1 Å². The molecular formula is C36H28O6. The molecule has 0 radical (unpaired) electrons. The second-order valence-electron chi connectivity index (χ2n) is 11.1. The lowest BCUT2D eigenvalue weighted by molar-refractivity contribution is 0.0745. The number of ether oxygens (including phenoxy) is 6. The summed E-state index contributed by atoms with van der Waals surface area (Å²) in [5.41, 5.74) is 13.4. The van der Waals surface area contributed by atoms with E-state index in [1.807, 2.05) is 24.3 Å². The highest BCUT2D eigenvalue weighted by Gasteiger charge is 2.57. The lowest BCUT2D eigenvalue weighted by Crippen LogP contribution is -2.16. The molecule has 208 valence electrons. The van der Waals surface area contributed by atoms with Gasteiger partial charge in [-0.25, -0.2) is 0 Å². The van der Waals surface area contributed by atoms with E-state index in [9.17, 15) is 0 Å². The Balaban J connectivity index is 1.41. The Morgan fingerprint density at radius 2 is 0.667 bits per heavy atom. The first-order chi connectivity index (χ1) is 20.7. The van der Waals surface area contributed by atoms with E-state index in [2.05, 4.69) is 48.5 Å². The maximum Gasteiger partial charge on any atom is 0.125 e. The SMILES string of the molecule is COc1ccc(OC)c2c1C1OC2C2=C1C1=C(c3ccccc3-c3ccccc32)C2OC1c1c(OC)ccc(OC)c12. The van der Waals surface area contributed by atoms with Crippen LogP contribution in [0.5, 0.6) is 23.0 Å². The van der Waals surface area contributed by atoms with Crippen LogP contribution < -0.4 is 18.9 Å². The van der Waals surface area contributed by atoms with Crippen LogP contribution in [0.15, 0.2) is 83.9 Å². The number of hydrogen-bond donors (Lipinski definition) is 0. The van der Waals surface area contributed by atoms with Gasteiger partial charge in [0.15, 0.2) is 0 Å². The van der Waals surface area contributed by atoms with Gasteiger partial charge in [0.05, 0.1) is 28.4 Å². The smallest absolute Gasteiger partial charge is 0.125 e. The van der Waals surface area contributed by atoms with E-state index in [0.29, 0.717) is 0 Å². The van der Waals surface area contributed by atoms with E-state index in [0.717, 1.165) is 78.7 Å². The lowest BCUT2D eigenvalue weighted by atomic mass is 9.70. The van der Waals surface area contributed by atoms with Gasteiger partial charge in [-0.1, -0.05) is 48.5 Å². The fraction of sp³-hybridized carbons (Fsp3) is 0.222. The normalized spacial score (nSPS) is 23.3. The zero-order chi connectivity index (χ0) is 28.3. The molecule has 4 bridgehead atoms. The van der Waals surface area contributed by atoms with Gasteiger partial charge in [0, 0.05) is 22.3 Å². The molecule has 5 aliphatic rings. The van der Waals surface area contributed by atoms with Gasteiger partial charge in [-0.3, -0.25) is 0 Å². The largest absolute Gasteiger partial charge is 0.496 e. The van der Waals surface area contributed by atoms with E-state index in [1.54, 1.807) is 28.4 Å². The summed E-state index contributed by atoms with van der Waals surface area (Å²) in [6.45, 7) is 0. The Morgan fingerprint density at radius 1 is 0.381 bits per heavy atom. The van der Waals surface area contributed by atoms with Crippen molar-refractivity contribution in [1.82, 2.24) is 0 Å². The van der Waals surface area contributed by atoms with Gasteiger partial charge in [0.1, 0.15) is 47.4 Å². The third-order valence-corrected chi connectivity index (χ3v) is 9.53.